The highest BCUT2D eigenvalue weighted by Gasteiger charge is 2.13. The van der Waals surface area contributed by atoms with Gasteiger partial charge in [-0.25, -0.2) is 9.97 Å². The monoisotopic (exact) mass is 277 g/mol. The highest BCUT2D eigenvalue weighted by atomic mass is 16.4. The molecular formula is C13H19N5O2. The Hall–Kier alpha value is -1.99. The van der Waals surface area contributed by atoms with Gasteiger partial charge in [0.25, 0.3) is 0 Å². The van der Waals surface area contributed by atoms with Gasteiger partial charge in [-0.15, -0.1) is 0 Å². The molecule has 0 amide bonds. The third-order valence-corrected chi connectivity index (χ3v) is 2.89. The number of rotatable bonds is 7. The minimum absolute atomic E-state index is 0.00907. The number of nitrogens with zero attached hydrogens (tertiary/aromatic N) is 5. The van der Waals surface area contributed by atoms with Crippen molar-refractivity contribution in [1.29, 1.82) is 0 Å². The zero-order chi connectivity index (χ0) is 14.5. The molecule has 0 bridgehead atoms. The maximum Gasteiger partial charge on any atom is 0.317 e. The average Bonchev–Trinajstić information content (AvgIpc) is 2.77. The summed E-state index contributed by atoms with van der Waals surface area (Å²) in [5.74, 6) is -0.198. The van der Waals surface area contributed by atoms with Gasteiger partial charge in [0.2, 0.25) is 5.78 Å². The Labute approximate surface area is 117 Å². The molecular weight excluding hydrogens is 258 g/mol. The molecule has 2 aromatic heterocycles. The molecule has 20 heavy (non-hydrogen) atoms. The van der Waals surface area contributed by atoms with Crippen molar-refractivity contribution in [3.63, 3.8) is 0 Å². The maximum absolute atomic E-state index is 10.9. The third kappa shape index (κ3) is 4.01. The van der Waals surface area contributed by atoms with Gasteiger partial charge in [0.1, 0.15) is 0 Å². The number of fused-ring (bicyclic) bond motifs is 1. The quantitative estimate of drug-likeness (QED) is 0.778. The number of imidazole rings is 1. The minimum Gasteiger partial charge on any atom is -0.480 e. The van der Waals surface area contributed by atoms with Crippen LogP contribution in [0.5, 0.6) is 0 Å². The van der Waals surface area contributed by atoms with E-state index in [1.807, 2.05) is 46.8 Å². The Morgan fingerprint density at radius 2 is 2.20 bits per heavy atom. The molecule has 7 nitrogen and oxygen atoms in total. The molecule has 2 aromatic rings. The molecule has 0 aliphatic carbocycles. The molecule has 0 saturated heterocycles. The summed E-state index contributed by atoms with van der Waals surface area (Å²) >= 11 is 0. The third-order valence-electron chi connectivity index (χ3n) is 2.89. The van der Waals surface area contributed by atoms with E-state index in [-0.39, 0.29) is 6.54 Å². The molecule has 108 valence electrons. The van der Waals surface area contributed by atoms with Gasteiger partial charge in [0.05, 0.1) is 12.2 Å². The van der Waals surface area contributed by atoms with Crippen LogP contribution in [-0.4, -0.2) is 69.0 Å². The number of carboxylic acids is 1. The molecule has 0 aliphatic heterocycles. The van der Waals surface area contributed by atoms with Crippen LogP contribution in [0.2, 0.25) is 0 Å². The molecule has 0 aliphatic rings. The average molecular weight is 277 g/mol. The summed E-state index contributed by atoms with van der Waals surface area (Å²) in [6.45, 7) is 2.00. The van der Waals surface area contributed by atoms with Gasteiger partial charge < -0.3 is 10.0 Å². The van der Waals surface area contributed by atoms with Crippen LogP contribution in [0.1, 0.15) is 5.69 Å². The van der Waals surface area contributed by atoms with Crippen LogP contribution in [0.15, 0.2) is 24.7 Å². The lowest BCUT2D eigenvalue weighted by Crippen LogP contribution is -2.35. The van der Waals surface area contributed by atoms with Crippen LogP contribution >= 0.6 is 0 Å². The van der Waals surface area contributed by atoms with Crippen molar-refractivity contribution in [1.82, 2.24) is 24.2 Å². The zero-order valence-electron chi connectivity index (χ0n) is 11.7. The lowest BCUT2D eigenvalue weighted by molar-refractivity contribution is -0.138. The SMILES string of the molecule is CN(C)CCN(CC(=O)O)Cc1cn2cccnc2n1. The fraction of sp³-hybridized carbons (Fsp3) is 0.462. The van der Waals surface area contributed by atoms with Crippen molar-refractivity contribution in [3.05, 3.63) is 30.4 Å². The molecule has 0 saturated carbocycles. The number of hydrogen-bond donors (Lipinski definition) is 1. The zero-order valence-corrected chi connectivity index (χ0v) is 11.7. The number of aliphatic carboxylic acids is 1. The molecule has 0 unspecified atom stereocenters. The molecule has 0 aromatic carbocycles. The summed E-state index contributed by atoms with van der Waals surface area (Å²) in [6, 6.07) is 1.83. The van der Waals surface area contributed by atoms with Crippen LogP contribution in [0.4, 0.5) is 0 Å². The number of carbonyl (C=O) groups is 1. The Bertz CT molecular complexity index is 548. The standard InChI is InChI=1S/C13H19N5O2/c1-16(2)6-7-17(10-12(19)20)8-11-9-18-5-3-4-14-13(18)15-11/h3-5,9H,6-8,10H2,1-2H3,(H,19,20). The Balaban J connectivity index is 2.07. The molecule has 2 heterocycles. The van der Waals surface area contributed by atoms with E-state index in [0.29, 0.717) is 18.9 Å². The second kappa shape index (κ2) is 6.44. The highest BCUT2D eigenvalue weighted by Crippen LogP contribution is 2.05. The summed E-state index contributed by atoms with van der Waals surface area (Å²) in [4.78, 5) is 23.4. The number of aromatic nitrogens is 3. The lowest BCUT2D eigenvalue weighted by atomic mass is 10.3. The summed E-state index contributed by atoms with van der Waals surface area (Å²) in [5.41, 5.74) is 0.823. The van der Waals surface area contributed by atoms with E-state index in [2.05, 4.69) is 9.97 Å². The fourth-order valence-electron chi connectivity index (χ4n) is 1.93. The second-order valence-electron chi connectivity index (χ2n) is 4.97. The van der Waals surface area contributed by atoms with Crippen molar-refractivity contribution >= 4 is 11.7 Å². The minimum atomic E-state index is -0.828. The van der Waals surface area contributed by atoms with Crippen molar-refractivity contribution in [2.75, 3.05) is 33.7 Å². The lowest BCUT2D eigenvalue weighted by Gasteiger charge is -2.21. The van der Waals surface area contributed by atoms with Crippen LogP contribution in [0, 0.1) is 0 Å². The van der Waals surface area contributed by atoms with Gasteiger partial charge in [-0.1, -0.05) is 0 Å². The number of carboxylic acid groups (broad SMARTS) is 1. The van der Waals surface area contributed by atoms with E-state index in [4.69, 9.17) is 5.11 Å². The van der Waals surface area contributed by atoms with Crippen LogP contribution in [0.25, 0.3) is 5.78 Å². The predicted octanol–water partition coefficient (Wildman–Crippen LogP) is 0.178. The van der Waals surface area contributed by atoms with Crippen LogP contribution < -0.4 is 0 Å². The Morgan fingerprint density at radius 1 is 1.40 bits per heavy atom. The highest BCUT2D eigenvalue weighted by molar-refractivity contribution is 5.69. The summed E-state index contributed by atoms with van der Waals surface area (Å²) < 4.78 is 1.83. The largest absolute Gasteiger partial charge is 0.480 e. The van der Waals surface area contributed by atoms with E-state index in [0.717, 1.165) is 12.2 Å². The molecule has 0 spiro atoms. The van der Waals surface area contributed by atoms with E-state index in [9.17, 15) is 4.79 Å². The van der Waals surface area contributed by atoms with Gasteiger partial charge in [0, 0.05) is 38.2 Å². The van der Waals surface area contributed by atoms with E-state index in [1.165, 1.54) is 0 Å². The van der Waals surface area contributed by atoms with Crippen molar-refractivity contribution in [3.8, 4) is 0 Å². The van der Waals surface area contributed by atoms with Gasteiger partial charge >= 0.3 is 5.97 Å². The Morgan fingerprint density at radius 3 is 2.85 bits per heavy atom. The van der Waals surface area contributed by atoms with Gasteiger partial charge in [0.15, 0.2) is 0 Å². The van der Waals surface area contributed by atoms with E-state index in [1.54, 1.807) is 6.20 Å². The number of hydrogen-bond acceptors (Lipinski definition) is 5. The second-order valence-corrected chi connectivity index (χ2v) is 4.97. The molecule has 7 heteroatoms. The fourth-order valence-corrected chi connectivity index (χ4v) is 1.93. The summed E-state index contributed by atoms with van der Waals surface area (Å²) in [7, 11) is 3.93. The van der Waals surface area contributed by atoms with E-state index < -0.39 is 5.97 Å². The molecule has 0 fully saturated rings. The summed E-state index contributed by atoms with van der Waals surface area (Å²) in [6.07, 6.45) is 5.44. The maximum atomic E-state index is 10.9. The molecule has 0 radical (unpaired) electrons. The molecule has 2 rings (SSSR count). The predicted molar refractivity (Wildman–Crippen MR) is 74.5 cm³/mol. The first-order valence-corrected chi connectivity index (χ1v) is 6.42. The topological polar surface area (TPSA) is 74.0 Å². The van der Waals surface area contributed by atoms with Crippen molar-refractivity contribution in [2.45, 2.75) is 6.54 Å². The van der Waals surface area contributed by atoms with Crippen LogP contribution in [0.3, 0.4) is 0 Å². The first-order valence-electron chi connectivity index (χ1n) is 6.42. The molecule has 0 atom stereocenters. The van der Waals surface area contributed by atoms with Crippen molar-refractivity contribution in [2.24, 2.45) is 0 Å². The summed E-state index contributed by atoms with van der Waals surface area (Å²) in [5, 5.41) is 8.97. The Kier molecular flexibility index (Phi) is 4.65. The normalized spacial score (nSPS) is 11.6. The van der Waals surface area contributed by atoms with E-state index >= 15 is 0 Å². The van der Waals surface area contributed by atoms with Gasteiger partial charge in [-0.2, -0.15) is 0 Å². The van der Waals surface area contributed by atoms with Gasteiger partial charge in [-0.3, -0.25) is 14.1 Å². The van der Waals surface area contributed by atoms with Gasteiger partial charge in [-0.05, 0) is 20.2 Å². The van der Waals surface area contributed by atoms with Crippen molar-refractivity contribution < 1.29 is 9.90 Å². The first kappa shape index (κ1) is 14.4. The molecule has 1 N–H and O–H groups in total. The number of likely N-dealkylation sites (N-methyl/N-ethyl adjacent to an activating group) is 1. The van der Waals surface area contributed by atoms with Crippen LogP contribution in [-0.2, 0) is 11.3 Å². The smallest absolute Gasteiger partial charge is 0.317 e. The first-order chi connectivity index (χ1) is 9.54.